The van der Waals surface area contributed by atoms with Crippen LogP contribution in [-0.2, 0) is 27.5 Å². The molecule has 17 heteroatoms. The SMILES string of the molecule is Cc1ncsc1-c1ccc(CNC(=O)[C@@H]2C[C@@H](O)CN2C(=O)[C@@H](NC(=O)CCCN2CCC(c3cccc(C#Cc4cc(N(C(N)=O)c5cc(F)ncc5CO)ccn4)c3)CC2)C(C)(C)C)cc1. The Morgan fingerprint density at radius 2 is 1.78 bits per heavy atom. The minimum Gasteiger partial charge on any atom is -0.392 e. The summed E-state index contributed by atoms with van der Waals surface area (Å²) < 4.78 is 14.1. The zero-order valence-electron chi connectivity index (χ0n) is 38.7. The molecule has 0 saturated carbocycles. The Balaban J connectivity index is 0.882. The van der Waals surface area contributed by atoms with Crippen LogP contribution < -0.4 is 21.3 Å². The van der Waals surface area contributed by atoms with E-state index in [1.54, 1.807) is 23.5 Å². The minimum absolute atomic E-state index is 0.00723. The molecular formula is C51H58FN9O6S. The van der Waals surface area contributed by atoms with Crippen molar-refractivity contribution >= 4 is 46.5 Å². The molecule has 356 valence electrons. The Morgan fingerprint density at radius 3 is 2.47 bits per heavy atom. The number of halogens is 1. The number of β-amino-alcohol motifs (C(OH)–C–C–N with tert-alkyl or cyclic N) is 1. The van der Waals surface area contributed by atoms with Gasteiger partial charge in [0.05, 0.1) is 40.2 Å². The topological polar surface area (TPSA) is 207 Å². The van der Waals surface area contributed by atoms with Crippen LogP contribution in [0.2, 0.25) is 0 Å². The second kappa shape index (κ2) is 22.0. The number of piperidine rings is 1. The second-order valence-electron chi connectivity index (χ2n) is 18.4. The van der Waals surface area contributed by atoms with Crippen LogP contribution in [0.1, 0.15) is 92.4 Å². The maximum atomic E-state index is 14.1. The van der Waals surface area contributed by atoms with E-state index in [1.807, 2.05) is 69.6 Å². The zero-order chi connectivity index (χ0) is 48.5. The third-order valence-electron chi connectivity index (χ3n) is 12.4. The highest BCUT2D eigenvalue weighted by Crippen LogP contribution is 2.32. The van der Waals surface area contributed by atoms with Gasteiger partial charge in [0.25, 0.3) is 0 Å². The van der Waals surface area contributed by atoms with Gasteiger partial charge in [0.15, 0.2) is 0 Å². The molecule has 15 nitrogen and oxygen atoms in total. The molecule has 0 unspecified atom stereocenters. The van der Waals surface area contributed by atoms with Gasteiger partial charge in [0.1, 0.15) is 17.8 Å². The lowest BCUT2D eigenvalue weighted by molar-refractivity contribution is -0.144. The molecule has 2 aliphatic heterocycles. The summed E-state index contributed by atoms with van der Waals surface area (Å²) in [7, 11) is 0. The lowest BCUT2D eigenvalue weighted by Crippen LogP contribution is -2.57. The molecule has 68 heavy (non-hydrogen) atoms. The van der Waals surface area contributed by atoms with Crippen molar-refractivity contribution in [3.63, 3.8) is 0 Å². The van der Waals surface area contributed by atoms with E-state index < -0.39 is 42.2 Å². The highest BCUT2D eigenvalue weighted by Gasteiger charge is 2.44. The number of likely N-dealkylation sites (tertiary alicyclic amines) is 2. The molecule has 6 N–H and O–H groups in total. The van der Waals surface area contributed by atoms with E-state index in [0.29, 0.717) is 23.7 Å². The van der Waals surface area contributed by atoms with E-state index in [2.05, 4.69) is 54.5 Å². The van der Waals surface area contributed by atoms with Gasteiger partial charge >= 0.3 is 6.03 Å². The van der Waals surface area contributed by atoms with Crippen LogP contribution in [0.4, 0.5) is 20.6 Å². The van der Waals surface area contributed by atoms with E-state index in [-0.39, 0.29) is 54.9 Å². The summed E-state index contributed by atoms with van der Waals surface area (Å²) in [4.78, 5) is 71.7. The van der Waals surface area contributed by atoms with E-state index in [9.17, 15) is 33.8 Å². The number of benzene rings is 2. The quantitative estimate of drug-likeness (QED) is 0.0656. The Morgan fingerprint density at radius 1 is 1.01 bits per heavy atom. The summed E-state index contributed by atoms with van der Waals surface area (Å²) in [6.07, 6.45) is 4.58. The fraction of sp³-hybridized carbons (Fsp3) is 0.392. The van der Waals surface area contributed by atoms with Crippen LogP contribution in [-0.4, -0.2) is 103 Å². The lowest BCUT2D eigenvalue weighted by atomic mass is 9.85. The number of aryl methyl sites for hydroxylation is 1. The number of pyridine rings is 2. The molecule has 5 amide bonds. The fourth-order valence-electron chi connectivity index (χ4n) is 8.76. The number of urea groups is 1. The first-order valence-electron chi connectivity index (χ1n) is 22.8. The number of aromatic nitrogens is 3. The standard InChI is InChI=1S/C51H58FN9O6S/c1-32-46(68-31-57-32)36-13-10-34(11-14-36)27-56-48(65)43-25-41(63)29-60(43)49(66)47(51(2,3)4)58-45(64)9-6-20-59-21-17-35(18-22-59)37-8-5-7-33(23-37)12-15-39-24-40(16-19-54-39)61(50(53)67)42-26-44(52)55-28-38(42)30-62/h5,7-8,10-11,13-14,16,19,23-24,26,28,31,35,41,43,47,62-63H,6,9,17-18,20-22,25,27,29-30H2,1-4H3,(H2,53,67)(H,56,65)(H,58,64)/t41-,43+,47-/m1/s1. The molecule has 0 spiro atoms. The molecule has 0 bridgehead atoms. The molecule has 5 aromatic rings. The first-order chi connectivity index (χ1) is 32.6. The van der Waals surface area contributed by atoms with Gasteiger partial charge in [-0.3, -0.25) is 19.3 Å². The van der Waals surface area contributed by atoms with Gasteiger partial charge in [0.2, 0.25) is 23.7 Å². The molecule has 7 rings (SSSR count). The molecule has 2 fully saturated rings. The van der Waals surface area contributed by atoms with Gasteiger partial charge in [-0.2, -0.15) is 4.39 Å². The first-order valence-corrected chi connectivity index (χ1v) is 23.7. The molecule has 5 heterocycles. The van der Waals surface area contributed by atoms with Crippen molar-refractivity contribution in [2.24, 2.45) is 11.1 Å². The first kappa shape index (κ1) is 49.3. The maximum Gasteiger partial charge on any atom is 0.323 e. The number of amides is 5. The number of primary amides is 1. The summed E-state index contributed by atoms with van der Waals surface area (Å²) in [6, 6.07) is 17.5. The summed E-state index contributed by atoms with van der Waals surface area (Å²) in [6.45, 7) is 9.84. The van der Waals surface area contributed by atoms with Gasteiger partial charge in [0, 0.05) is 55.5 Å². The van der Waals surface area contributed by atoms with Crippen molar-refractivity contribution in [2.75, 3.05) is 31.1 Å². The molecule has 0 aliphatic carbocycles. The summed E-state index contributed by atoms with van der Waals surface area (Å²) >= 11 is 1.57. The van der Waals surface area contributed by atoms with Crippen LogP contribution in [0.25, 0.3) is 10.4 Å². The number of nitrogens with two attached hydrogens (primary N) is 1. The fourth-order valence-corrected chi connectivity index (χ4v) is 9.58. The second-order valence-corrected chi connectivity index (χ2v) is 19.3. The van der Waals surface area contributed by atoms with Gasteiger partial charge in [-0.05, 0) is 104 Å². The number of carbonyl (C=O) groups excluding carboxylic acids is 4. The van der Waals surface area contributed by atoms with Crippen LogP contribution in [0.15, 0.2) is 84.6 Å². The Bertz CT molecular complexity index is 2670. The number of rotatable bonds is 14. The van der Waals surface area contributed by atoms with Crippen molar-refractivity contribution < 1.29 is 33.8 Å². The minimum atomic E-state index is -0.895. The normalized spacial score (nSPS) is 17.0. The molecule has 2 saturated heterocycles. The summed E-state index contributed by atoms with van der Waals surface area (Å²) in [5.41, 5.74) is 12.7. The molecule has 3 aromatic heterocycles. The Kier molecular flexibility index (Phi) is 16.0. The van der Waals surface area contributed by atoms with Crippen molar-refractivity contribution in [1.82, 2.24) is 35.4 Å². The highest BCUT2D eigenvalue weighted by molar-refractivity contribution is 7.13. The van der Waals surface area contributed by atoms with E-state index >= 15 is 0 Å². The van der Waals surface area contributed by atoms with Gasteiger partial charge < -0.3 is 36.4 Å². The number of aliphatic hydroxyl groups excluding tert-OH is 2. The van der Waals surface area contributed by atoms with Crippen LogP contribution >= 0.6 is 11.3 Å². The van der Waals surface area contributed by atoms with Crippen LogP contribution in [0, 0.1) is 30.1 Å². The number of aliphatic hydroxyl groups is 2. The molecule has 2 aliphatic rings. The largest absolute Gasteiger partial charge is 0.392 e. The van der Waals surface area contributed by atoms with Crippen molar-refractivity contribution in [3.8, 4) is 22.3 Å². The Hall–Kier alpha value is -6.58. The number of nitrogens with one attached hydrogen (secondary N) is 2. The third kappa shape index (κ3) is 12.3. The van der Waals surface area contributed by atoms with Gasteiger partial charge in [-0.15, -0.1) is 11.3 Å². The van der Waals surface area contributed by atoms with Crippen molar-refractivity contribution in [1.29, 1.82) is 0 Å². The average molecular weight is 944 g/mol. The number of hydrogen-bond acceptors (Lipinski definition) is 11. The Labute approximate surface area is 400 Å². The van der Waals surface area contributed by atoms with Crippen LogP contribution in [0.5, 0.6) is 0 Å². The smallest absolute Gasteiger partial charge is 0.323 e. The van der Waals surface area contributed by atoms with Crippen molar-refractivity contribution in [2.45, 2.75) is 97.1 Å². The molecule has 0 radical (unpaired) electrons. The average Bonchev–Trinajstić information content (AvgIpc) is 3.94. The van der Waals surface area contributed by atoms with Crippen LogP contribution in [0.3, 0.4) is 0 Å². The van der Waals surface area contributed by atoms with Crippen molar-refractivity contribution in [3.05, 3.63) is 124 Å². The lowest BCUT2D eigenvalue weighted by Gasteiger charge is -2.35. The van der Waals surface area contributed by atoms with Gasteiger partial charge in [-0.1, -0.05) is 63.1 Å². The molecule has 2 aromatic carbocycles. The van der Waals surface area contributed by atoms with E-state index in [0.717, 1.165) is 76.9 Å². The maximum absolute atomic E-state index is 14.1. The predicted octanol–water partition coefficient (Wildman–Crippen LogP) is 5.93. The number of carbonyl (C=O) groups is 4. The highest BCUT2D eigenvalue weighted by atomic mass is 32.1. The number of anilines is 2. The predicted molar refractivity (Wildman–Crippen MR) is 258 cm³/mol. The number of nitrogens with zero attached hydrogens (tertiary/aromatic N) is 6. The molecule has 3 atom stereocenters. The van der Waals surface area contributed by atoms with E-state index in [1.165, 1.54) is 16.7 Å². The monoisotopic (exact) mass is 943 g/mol. The molecular weight excluding hydrogens is 886 g/mol. The summed E-state index contributed by atoms with van der Waals surface area (Å²) in [5.74, 6) is 4.73. The zero-order valence-corrected chi connectivity index (χ0v) is 39.6. The van der Waals surface area contributed by atoms with Gasteiger partial charge in [-0.25, -0.2) is 19.7 Å². The number of thiazole rings is 1. The number of hydrogen-bond donors (Lipinski definition) is 5. The third-order valence-corrected chi connectivity index (χ3v) is 13.4. The van der Waals surface area contributed by atoms with E-state index in [4.69, 9.17) is 5.73 Å². The summed E-state index contributed by atoms with van der Waals surface area (Å²) in [5, 5.41) is 26.3.